The predicted molar refractivity (Wildman–Crippen MR) is 55.2 cm³/mol. The maximum absolute atomic E-state index is 10.6. The van der Waals surface area contributed by atoms with Crippen molar-refractivity contribution in [3.63, 3.8) is 0 Å². The van der Waals surface area contributed by atoms with Crippen molar-refractivity contribution in [2.24, 2.45) is 0 Å². The van der Waals surface area contributed by atoms with Gasteiger partial charge in [0.1, 0.15) is 5.75 Å². The maximum Gasteiger partial charge on any atom is 0.314 e. The molecule has 0 aliphatic rings. The second-order valence-electron chi connectivity index (χ2n) is 2.90. The molecule has 0 spiro atoms. The Labute approximate surface area is 86.8 Å². The number of nitrogens with zero attached hydrogens (tertiary/aromatic N) is 1. The summed E-state index contributed by atoms with van der Waals surface area (Å²) in [6.45, 7) is 3.52. The van der Waals surface area contributed by atoms with Gasteiger partial charge in [-0.3, -0.25) is 10.1 Å². The van der Waals surface area contributed by atoms with E-state index in [4.69, 9.17) is 4.74 Å². The van der Waals surface area contributed by atoms with Gasteiger partial charge in [-0.25, -0.2) is 0 Å². The summed E-state index contributed by atoms with van der Waals surface area (Å²) in [7, 11) is 1.34. The number of hydrogen-bond acceptors (Lipinski definition) is 4. The first-order chi connectivity index (χ1) is 7.10. The summed E-state index contributed by atoms with van der Waals surface area (Å²) in [5.41, 5.74) is 0.301. The fraction of sp³-hybridized carbons (Fsp3) is 0.200. The molecular formula is C10H11NO4. The summed E-state index contributed by atoms with van der Waals surface area (Å²) in [6, 6.07) is 2.52. The number of hydrogen-bond donors (Lipinski definition) is 1. The molecule has 0 saturated heterocycles. The summed E-state index contributed by atoms with van der Waals surface area (Å²) < 4.78 is 4.86. The SMILES string of the molecule is C=CCc1cc(OC)c([N+](=O)[O-])cc1O. The first-order valence-electron chi connectivity index (χ1n) is 4.25. The van der Waals surface area contributed by atoms with Gasteiger partial charge in [-0.15, -0.1) is 6.58 Å². The summed E-state index contributed by atoms with van der Waals surface area (Å²) in [5, 5.41) is 20.1. The van der Waals surface area contributed by atoms with Gasteiger partial charge < -0.3 is 9.84 Å². The van der Waals surface area contributed by atoms with Crippen molar-refractivity contribution in [1.82, 2.24) is 0 Å². The van der Waals surface area contributed by atoms with E-state index in [1.54, 1.807) is 6.08 Å². The highest BCUT2D eigenvalue weighted by molar-refractivity contribution is 5.54. The molecule has 0 unspecified atom stereocenters. The zero-order valence-electron chi connectivity index (χ0n) is 8.27. The molecule has 1 aromatic carbocycles. The third-order valence-corrected chi connectivity index (χ3v) is 1.94. The zero-order chi connectivity index (χ0) is 11.4. The van der Waals surface area contributed by atoms with Crippen LogP contribution in [-0.4, -0.2) is 17.1 Å². The minimum absolute atomic E-state index is 0.123. The normalized spacial score (nSPS) is 9.67. The number of phenolic OH excluding ortho intramolecular Hbond substituents is 1. The van der Waals surface area contributed by atoms with E-state index >= 15 is 0 Å². The van der Waals surface area contributed by atoms with Crippen LogP contribution in [0.25, 0.3) is 0 Å². The van der Waals surface area contributed by atoms with E-state index in [0.717, 1.165) is 6.07 Å². The number of rotatable bonds is 4. The average molecular weight is 209 g/mol. The lowest BCUT2D eigenvalue weighted by molar-refractivity contribution is -0.385. The highest BCUT2D eigenvalue weighted by Gasteiger charge is 2.17. The van der Waals surface area contributed by atoms with E-state index in [0.29, 0.717) is 12.0 Å². The minimum atomic E-state index is -0.601. The van der Waals surface area contributed by atoms with Gasteiger partial charge in [0.15, 0.2) is 5.75 Å². The van der Waals surface area contributed by atoms with Crippen molar-refractivity contribution in [2.75, 3.05) is 7.11 Å². The van der Waals surface area contributed by atoms with Crippen molar-refractivity contribution in [3.8, 4) is 11.5 Å². The number of allylic oxidation sites excluding steroid dienone is 1. The Bertz CT molecular complexity index is 401. The second-order valence-corrected chi connectivity index (χ2v) is 2.90. The van der Waals surface area contributed by atoms with Crippen LogP contribution in [0, 0.1) is 10.1 Å². The van der Waals surface area contributed by atoms with E-state index < -0.39 is 4.92 Å². The van der Waals surface area contributed by atoms with Gasteiger partial charge in [0.2, 0.25) is 0 Å². The number of phenols is 1. The molecule has 0 radical (unpaired) electrons. The molecule has 0 heterocycles. The van der Waals surface area contributed by atoms with Crippen LogP contribution in [0.15, 0.2) is 24.8 Å². The fourth-order valence-electron chi connectivity index (χ4n) is 1.22. The van der Waals surface area contributed by atoms with Crippen molar-refractivity contribution < 1.29 is 14.8 Å². The van der Waals surface area contributed by atoms with Crippen molar-refractivity contribution in [1.29, 1.82) is 0 Å². The molecule has 0 aromatic heterocycles. The summed E-state index contributed by atoms with van der Waals surface area (Å²) >= 11 is 0. The summed E-state index contributed by atoms with van der Waals surface area (Å²) in [5.74, 6) is 0.0112. The summed E-state index contributed by atoms with van der Waals surface area (Å²) in [6.07, 6.45) is 2.03. The molecule has 0 aliphatic heterocycles. The molecule has 0 aliphatic carbocycles. The molecule has 0 fully saturated rings. The van der Waals surface area contributed by atoms with Crippen LogP contribution in [0.1, 0.15) is 5.56 Å². The van der Waals surface area contributed by atoms with Gasteiger partial charge in [0, 0.05) is 5.56 Å². The molecule has 0 atom stereocenters. The van der Waals surface area contributed by atoms with Gasteiger partial charge in [0.25, 0.3) is 0 Å². The molecule has 1 aromatic rings. The smallest absolute Gasteiger partial charge is 0.314 e. The molecule has 0 amide bonds. The molecule has 80 valence electrons. The molecule has 5 heteroatoms. The summed E-state index contributed by atoms with van der Waals surface area (Å²) in [4.78, 5) is 10.00. The Morgan fingerprint density at radius 2 is 2.33 bits per heavy atom. The van der Waals surface area contributed by atoms with Gasteiger partial charge in [-0.2, -0.15) is 0 Å². The monoisotopic (exact) mass is 209 g/mol. The lowest BCUT2D eigenvalue weighted by Crippen LogP contribution is -1.95. The van der Waals surface area contributed by atoms with E-state index in [1.807, 2.05) is 0 Å². The Morgan fingerprint density at radius 1 is 1.67 bits per heavy atom. The quantitative estimate of drug-likeness (QED) is 0.468. The molecule has 15 heavy (non-hydrogen) atoms. The fourth-order valence-corrected chi connectivity index (χ4v) is 1.22. The zero-order valence-corrected chi connectivity index (χ0v) is 8.27. The van der Waals surface area contributed by atoms with Crippen LogP contribution < -0.4 is 4.74 Å². The number of nitro groups is 1. The number of aromatic hydroxyl groups is 1. The van der Waals surface area contributed by atoms with Crippen molar-refractivity contribution in [2.45, 2.75) is 6.42 Å². The largest absolute Gasteiger partial charge is 0.507 e. The lowest BCUT2D eigenvalue weighted by atomic mass is 10.1. The van der Waals surface area contributed by atoms with Gasteiger partial charge in [-0.05, 0) is 12.5 Å². The van der Waals surface area contributed by atoms with E-state index in [9.17, 15) is 15.2 Å². The van der Waals surface area contributed by atoms with Crippen LogP contribution in [0.4, 0.5) is 5.69 Å². The minimum Gasteiger partial charge on any atom is -0.507 e. The highest BCUT2D eigenvalue weighted by Crippen LogP contribution is 2.33. The van der Waals surface area contributed by atoms with E-state index in [-0.39, 0.29) is 17.2 Å². The molecule has 0 saturated carbocycles. The van der Waals surface area contributed by atoms with Gasteiger partial charge >= 0.3 is 5.69 Å². The Hall–Kier alpha value is -2.04. The third kappa shape index (κ3) is 2.25. The van der Waals surface area contributed by atoms with Crippen LogP contribution >= 0.6 is 0 Å². The number of nitro benzene ring substituents is 1. The molecular weight excluding hydrogens is 198 g/mol. The van der Waals surface area contributed by atoms with E-state index in [2.05, 4.69) is 6.58 Å². The van der Waals surface area contributed by atoms with Gasteiger partial charge in [0.05, 0.1) is 18.1 Å². The Kier molecular flexibility index (Phi) is 3.28. The molecule has 1 N–H and O–H groups in total. The van der Waals surface area contributed by atoms with E-state index in [1.165, 1.54) is 13.2 Å². The highest BCUT2D eigenvalue weighted by atomic mass is 16.6. The van der Waals surface area contributed by atoms with Crippen LogP contribution in [0.5, 0.6) is 11.5 Å². The first kappa shape index (κ1) is 11.0. The predicted octanol–water partition coefficient (Wildman–Crippen LogP) is 2.04. The topological polar surface area (TPSA) is 72.6 Å². The average Bonchev–Trinajstić information content (AvgIpc) is 2.20. The molecule has 1 rings (SSSR count). The number of benzene rings is 1. The maximum atomic E-state index is 10.6. The molecule has 0 bridgehead atoms. The van der Waals surface area contributed by atoms with Crippen LogP contribution in [0.3, 0.4) is 0 Å². The van der Waals surface area contributed by atoms with Gasteiger partial charge in [-0.1, -0.05) is 6.08 Å². The number of ether oxygens (including phenoxy) is 1. The molecule has 5 nitrogen and oxygen atoms in total. The van der Waals surface area contributed by atoms with Crippen LogP contribution in [-0.2, 0) is 6.42 Å². The van der Waals surface area contributed by atoms with Crippen LogP contribution in [0.2, 0.25) is 0 Å². The first-order valence-corrected chi connectivity index (χ1v) is 4.25. The number of methoxy groups -OCH3 is 1. The Balaban J connectivity index is 3.28. The lowest BCUT2D eigenvalue weighted by Gasteiger charge is -2.06. The third-order valence-electron chi connectivity index (χ3n) is 1.94. The van der Waals surface area contributed by atoms with Crippen molar-refractivity contribution >= 4 is 5.69 Å². The Morgan fingerprint density at radius 3 is 2.80 bits per heavy atom. The van der Waals surface area contributed by atoms with Crippen molar-refractivity contribution in [3.05, 3.63) is 40.5 Å². The second kappa shape index (κ2) is 4.45. The standard InChI is InChI=1S/C10H11NO4/c1-3-4-7-5-10(15-2)8(11(13)14)6-9(7)12/h3,5-6,12H,1,4H2,2H3.